The third kappa shape index (κ3) is 2.36. The number of likely N-dealkylation sites (tertiary alicyclic amines) is 2. The second-order valence-corrected chi connectivity index (χ2v) is 7.06. The number of rotatable bonds is 2. The van der Waals surface area contributed by atoms with Gasteiger partial charge >= 0.3 is 0 Å². The van der Waals surface area contributed by atoms with Gasteiger partial charge in [-0.05, 0) is 57.5 Å². The van der Waals surface area contributed by atoms with E-state index in [0.717, 1.165) is 42.4 Å². The van der Waals surface area contributed by atoms with E-state index in [1.807, 2.05) is 25.4 Å². The standard InChI is InChI=1S/C19H25N3O/c1-20-11-4-8-17(20)18-9-5-12-22(18)19(23)15-6-3-7-16-14(15)10-13-21(16)2/h3,6-7,10,13,17-18H,4-5,8-9,11-12H2,1-2H3/t17-,18-/m0/s1. The van der Waals surface area contributed by atoms with Gasteiger partial charge in [0.05, 0.1) is 0 Å². The third-order valence-electron chi connectivity index (χ3n) is 5.74. The van der Waals surface area contributed by atoms with Gasteiger partial charge < -0.3 is 14.4 Å². The van der Waals surface area contributed by atoms with Gasteiger partial charge in [-0.3, -0.25) is 4.79 Å². The van der Waals surface area contributed by atoms with Crippen molar-refractivity contribution >= 4 is 16.8 Å². The molecule has 0 aliphatic carbocycles. The number of fused-ring (bicyclic) bond motifs is 1. The van der Waals surface area contributed by atoms with E-state index in [2.05, 4.69) is 33.5 Å². The first-order valence-electron chi connectivity index (χ1n) is 8.72. The highest BCUT2D eigenvalue weighted by molar-refractivity contribution is 6.06. The molecule has 0 bridgehead atoms. The average Bonchev–Trinajstić information content (AvgIpc) is 3.26. The predicted molar refractivity (Wildman–Crippen MR) is 92.6 cm³/mol. The lowest BCUT2D eigenvalue weighted by atomic mass is 10.0. The monoisotopic (exact) mass is 311 g/mol. The van der Waals surface area contributed by atoms with E-state index in [-0.39, 0.29) is 5.91 Å². The van der Waals surface area contributed by atoms with Gasteiger partial charge in [0.15, 0.2) is 0 Å². The van der Waals surface area contributed by atoms with E-state index in [0.29, 0.717) is 12.1 Å². The van der Waals surface area contributed by atoms with Crippen LogP contribution in [0.2, 0.25) is 0 Å². The second-order valence-electron chi connectivity index (χ2n) is 7.06. The number of hydrogen-bond acceptors (Lipinski definition) is 2. The highest BCUT2D eigenvalue weighted by Gasteiger charge is 2.38. The summed E-state index contributed by atoms with van der Waals surface area (Å²) in [5.41, 5.74) is 1.99. The summed E-state index contributed by atoms with van der Waals surface area (Å²) in [6.07, 6.45) is 6.79. The molecule has 2 aromatic rings. The highest BCUT2D eigenvalue weighted by Crippen LogP contribution is 2.31. The summed E-state index contributed by atoms with van der Waals surface area (Å²) in [5.74, 6) is 0.213. The molecule has 2 fully saturated rings. The van der Waals surface area contributed by atoms with E-state index in [1.54, 1.807) is 0 Å². The first-order valence-corrected chi connectivity index (χ1v) is 8.72. The number of carbonyl (C=O) groups is 1. The second kappa shape index (κ2) is 5.68. The van der Waals surface area contributed by atoms with Crippen molar-refractivity contribution in [3.63, 3.8) is 0 Å². The van der Waals surface area contributed by atoms with E-state index in [9.17, 15) is 4.79 Å². The lowest BCUT2D eigenvalue weighted by Crippen LogP contribution is -2.47. The molecule has 0 radical (unpaired) electrons. The molecule has 0 spiro atoms. The predicted octanol–water partition coefficient (Wildman–Crippen LogP) is 2.88. The number of nitrogens with zero attached hydrogens (tertiary/aromatic N) is 3. The topological polar surface area (TPSA) is 28.5 Å². The molecule has 1 aromatic heterocycles. The Balaban J connectivity index is 1.67. The van der Waals surface area contributed by atoms with Crippen LogP contribution in [-0.4, -0.2) is 52.5 Å². The van der Waals surface area contributed by atoms with Crippen LogP contribution in [-0.2, 0) is 7.05 Å². The number of carbonyl (C=O) groups excluding carboxylic acids is 1. The molecule has 2 atom stereocenters. The maximum Gasteiger partial charge on any atom is 0.254 e. The zero-order valence-electron chi connectivity index (χ0n) is 14.0. The molecule has 0 N–H and O–H groups in total. The highest BCUT2D eigenvalue weighted by atomic mass is 16.2. The van der Waals surface area contributed by atoms with Crippen molar-refractivity contribution in [1.82, 2.24) is 14.4 Å². The van der Waals surface area contributed by atoms with Gasteiger partial charge in [-0.25, -0.2) is 0 Å². The Morgan fingerprint density at radius 2 is 1.83 bits per heavy atom. The number of benzene rings is 1. The fourth-order valence-electron chi connectivity index (χ4n) is 4.51. The molecule has 122 valence electrons. The van der Waals surface area contributed by atoms with Crippen molar-refractivity contribution in [3.05, 3.63) is 36.0 Å². The van der Waals surface area contributed by atoms with Crippen LogP contribution in [0.25, 0.3) is 10.9 Å². The van der Waals surface area contributed by atoms with Crippen LogP contribution in [0.4, 0.5) is 0 Å². The summed E-state index contributed by atoms with van der Waals surface area (Å²) in [6.45, 7) is 2.06. The number of aromatic nitrogens is 1. The van der Waals surface area contributed by atoms with E-state index >= 15 is 0 Å². The summed E-state index contributed by atoms with van der Waals surface area (Å²) in [6, 6.07) is 9.06. The van der Waals surface area contributed by atoms with Crippen LogP contribution in [0.3, 0.4) is 0 Å². The van der Waals surface area contributed by atoms with E-state index in [1.165, 1.54) is 12.8 Å². The summed E-state index contributed by atoms with van der Waals surface area (Å²) in [5, 5.41) is 1.07. The molecule has 4 heteroatoms. The average molecular weight is 311 g/mol. The van der Waals surface area contributed by atoms with Gasteiger partial charge in [0.1, 0.15) is 0 Å². The number of hydrogen-bond donors (Lipinski definition) is 0. The van der Waals surface area contributed by atoms with Gasteiger partial charge in [0, 0.05) is 48.3 Å². The fraction of sp³-hybridized carbons (Fsp3) is 0.526. The zero-order chi connectivity index (χ0) is 16.0. The summed E-state index contributed by atoms with van der Waals surface area (Å²) < 4.78 is 2.08. The molecule has 3 heterocycles. The van der Waals surface area contributed by atoms with Crippen molar-refractivity contribution in [2.45, 2.75) is 37.8 Å². The molecular formula is C19H25N3O. The maximum atomic E-state index is 13.2. The largest absolute Gasteiger partial charge is 0.351 e. The summed E-state index contributed by atoms with van der Waals surface area (Å²) in [4.78, 5) is 17.8. The van der Waals surface area contributed by atoms with Crippen molar-refractivity contribution in [2.24, 2.45) is 7.05 Å². The SMILES string of the molecule is CN1CCC[C@H]1[C@@H]1CCCN1C(=O)c1cccc2c1ccn2C. The molecule has 2 aliphatic heterocycles. The number of likely N-dealkylation sites (N-methyl/N-ethyl adjacent to an activating group) is 1. The number of amides is 1. The lowest BCUT2D eigenvalue weighted by Gasteiger charge is -2.33. The molecule has 4 rings (SSSR count). The van der Waals surface area contributed by atoms with Gasteiger partial charge in [-0.15, -0.1) is 0 Å². The van der Waals surface area contributed by atoms with E-state index < -0.39 is 0 Å². The molecule has 1 amide bonds. The van der Waals surface area contributed by atoms with Gasteiger partial charge in [-0.2, -0.15) is 0 Å². The minimum absolute atomic E-state index is 0.213. The van der Waals surface area contributed by atoms with E-state index in [4.69, 9.17) is 0 Å². The van der Waals surface area contributed by atoms with Gasteiger partial charge in [0.2, 0.25) is 0 Å². The van der Waals surface area contributed by atoms with Gasteiger partial charge in [0.25, 0.3) is 5.91 Å². The van der Waals surface area contributed by atoms with Crippen molar-refractivity contribution in [2.75, 3.05) is 20.1 Å². The molecule has 2 aliphatic rings. The Labute approximate surface area is 137 Å². The Morgan fingerprint density at radius 3 is 2.61 bits per heavy atom. The maximum absolute atomic E-state index is 13.2. The van der Waals surface area contributed by atoms with Crippen LogP contribution in [0.5, 0.6) is 0 Å². The van der Waals surface area contributed by atoms with Crippen LogP contribution in [0.1, 0.15) is 36.0 Å². The minimum atomic E-state index is 0.213. The Morgan fingerprint density at radius 1 is 1.04 bits per heavy atom. The molecule has 0 unspecified atom stereocenters. The van der Waals surface area contributed by atoms with Crippen molar-refractivity contribution in [1.29, 1.82) is 0 Å². The Kier molecular flexibility index (Phi) is 3.64. The molecule has 4 nitrogen and oxygen atoms in total. The van der Waals surface area contributed by atoms with Gasteiger partial charge in [-0.1, -0.05) is 6.07 Å². The molecule has 0 saturated carbocycles. The van der Waals surface area contributed by atoms with Crippen LogP contribution < -0.4 is 0 Å². The lowest BCUT2D eigenvalue weighted by molar-refractivity contribution is 0.0666. The quantitative estimate of drug-likeness (QED) is 0.853. The smallest absolute Gasteiger partial charge is 0.254 e. The molecule has 23 heavy (non-hydrogen) atoms. The fourth-order valence-corrected chi connectivity index (χ4v) is 4.51. The normalized spacial score (nSPS) is 25.6. The molecular weight excluding hydrogens is 286 g/mol. The third-order valence-corrected chi connectivity index (χ3v) is 5.74. The Hall–Kier alpha value is -1.81. The van der Waals surface area contributed by atoms with Crippen LogP contribution in [0, 0.1) is 0 Å². The van der Waals surface area contributed by atoms with Crippen LogP contribution in [0.15, 0.2) is 30.5 Å². The first kappa shape index (κ1) is 14.8. The Bertz CT molecular complexity index is 735. The van der Waals surface area contributed by atoms with Crippen molar-refractivity contribution < 1.29 is 4.79 Å². The van der Waals surface area contributed by atoms with Crippen LogP contribution >= 0.6 is 0 Å². The minimum Gasteiger partial charge on any atom is -0.351 e. The number of aryl methyl sites for hydroxylation is 1. The first-order chi connectivity index (χ1) is 11.2. The van der Waals surface area contributed by atoms with Crippen molar-refractivity contribution in [3.8, 4) is 0 Å². The molecule has 1 aromatic carbocycles. The molecule has 2 saturated heterocycles. The summed E-state index contributed by atoms with van der Waals surface area (Å²) in [7, 11) is 4.24. The summed E-state index contributed by atoms with van der Waals surface area (Å²) >= 11 is 0. The zero-order valence-corrected chi connectivity index (χ0v) is 14.0.